The van der Waals surface area contributed by atoms with E-state index in [9.17, 15) is 17.6 Å². The SMILES string of the molecule is CCNC(C1=CCCCCC1)C(F)(F)C(F)F. The minimum Gasteiger partial charge on any atom is -0.305 e. The smallest absolute Gasteiger partial charge is 0.305 e. The van der Waals surface area contributed by atoms with Crippen molar-refractivity contribution in [1.29, 1.82) is 0 Å². The van der Waals surface area contributed by atoms with Crippen molar-refractivity contribution in [1.82, 2.24) is 5.32 Å². The number of hydrogen-bond donors (Lipinski definition) is 1. The number of allylic oxidation sites excluding steroid dienone is 1. The van der Waals surface area contributed by atoms with Crippen molar-refractivity contribution in [3.05, 3.63) is 11.6 Å². The van der Waals surface area contributed by atoms with Crippen molar-refractivity contribution < 1.29 is 17.6 Å². The normalized spacial score (nSPS) is 20.0. The van der Waals surface area contributed by atoms with Crippen LogP contribution in [0.4, 0.5) is 17.6 Å². The van der Waals surface area contributed by atoms with Gasteiger partial charge in [0.25, 0.3) is 0 Å². The standard InChI is InChI=1S/C12H19F4N/c1-2-17-10(12(15,16)11(13)14)9-7-5-3-4-6-8-9/h7,10-11,17H,2-6,8H2,1H3. The molecule has 17 heavy (non-hydrogen) atoms. The first-order valence-electron chi connectivity index (χ1n) is 6.08. The van der Waals surface area contributed by atoms with Crippen LogP contribution in [0.5, 0.6) is 0 Å². The monoisotopic (exact) mass is 253 g/mol. The van der Waals surface area contributed by atoms with Gasteiger partial charge in [0.1, 0.15) is 0 Å². The number of likely N-dealkylation sites (N-methyl/N-ethyl adjacent to an activating group) is 1. The Hall–Kier alpha value is -0.580. The largest absolute Gasteiger partial charge is 0.326 e. The van der Waals surface area contributed by atoms with Gasteiger partial charge in [0.05, 0.1) is 6.04 Å². The van der Waals surface area contributed by atoms with Gasteiger partial charge in [-0.25, -0.2) is 8.78 Å². The van der Waals surface area contributed by atoms with Crippen LogP contribution in [0.15, 0.2) is 11.6 Å². The third kappa shape index (κ3) is 3.69. The lowest BCUT2D eigenvalue weighted by Gasteiger charge is -2.29. The highest BCUT2D eigenvalue weighted by Gasteiger charge is 2.49. The van der Waals surface area contributed by atoms with Crippen molar-refractivity contribution >= 4 is 0 Å². The summed E-state index contributed by atoms with van der Waals surface area (Å²) in [5.41, 5.74) is 0.439. The van der Waals surface area contributed by atoms with E-state index in [0.717, 1.165) is 19.3 Å². The van der Waals surface area contributed by atoms with Gasteiger partial charge in [-0.1, -0.05) is 25.0 Å². The Morgan fingerprint density at radius 1 is 1.29 bits per heavy atom. The Morgan fingerprint density at radius 3 is 2.59 bits per heavy atom. The third-order valence-electron chi connectivity index (χ3n) is 3.03. The van der Waals surface area contributed by atoms with E-state index in [1.165, 1.54) is 0 Å². The fourth-order valence-corrected chi connectivity index (χ4v) is 2.15. The summed E-state index contributed by atoms with van der Waals surface area (Å²) in [5, 5.41) is 2.50. The predicted molar refractivity (Wildman–Crippen MR) is 59.6 cm³/mol. The molecule has 5 heteroatoms. The fourth-order valence-electron chi connectivity index (χ4n) is 2.15. The topological polar surface area (TPSA) is 12.0 Å². The van der Waals surface area contributed by atoms with Gasteiger partial charge >= 0.3 is 12.3 Å². The van der Waals surface area contributed by atoms with Gasteiger partial charge < -0.3 is 5.32 Å². The van der Waals surface area contributed by atoms with Crippen LogP contribution in [0.1, 0.15) is 39.0 Å². The number of nitrogens with one attached hydrogen (secondary N) is 1. The van der Waals surface area contributed by atoms with Crippen LogP contribution >= 0.6 is 0 Å². The van der Waals surface area contributed by atoms with E-state index < -0.39 is 18.4 Å². The second-order valence-electron chi connectivity index (χ2n) is 4.34. The molecular weight excluding hydrogens is 234 g/mol. The van der Waals surface area contributed by atoms with Crippen molar-refractivity contribution in [3.8, 4) is 0 Å². The van der Waals surface area contributed by atoms with E-state index in [0.29, 0.717) is 18.4 Å². The van der Waals surface area contributed by atoms with Gasteiger partial charge in [-0.15, -0.1) is 0 Å². The molecule has 1 nitrogen and oxygen atoms in total. The molecule has 0 amide bonds. The number of alkyl halides is 4. The molecule has 1 rings (SSSR count). The average molecular weight is 253 g/mol. The van der Waals surface area contributed by atoms with Crippen LogP contribution in [0, 0.1) is 0 Å². The Labute approximate surface area is 99.3 Å². The van der Waals surface area contributed by atoms with Crippen molar-refractivity contribution in [3.63, 3.8) is 0 Å². The summed E-state index contributed by atoms with van der Waals surface area (Å²) in [7, 11) is 0. The lowest BCUT2D eigenvalue weighted by molar-refractivity contribution is -0.143. The average Bonchev–Trinajstić information content (AvgIpc) is 2.53. The number of hydrogen-bond acceptors (Lipinski definition) is 1. The molecule has 1 unspecified atom stereocenters. The molecule has 0 radical (unpaired) electrons. The molecule has 0 saturated carbocycles. The minimum absolute atomic E-state index is 0.254. The van der Waals surface area contributed by atoms with E-state index in [4.69, 9.17) is 0 Å². The molecule has 0 aliphatic heterocycles. The van der Waals surface area contributed by atoms with Gasteiger partial charge in [-0.3, -0.25) is 0 Å². The van der Waals surface area contributed by atoms with Crippen molar-refractivity contribution in [2.75, 3.05) is 6.54 Å². The second-order valence-corrected chi connectivity index (χ2v) is 4.34. The van der Waals surface area contributed by atoms with E-state index in [1.54, 1.807) is 13.0 Å². The summed E-state index contributed by atoms with van der Waals surface area (Å²) in [6.45, 7) is 1.90. The quantitative estimate of drug-likeness (QED) is 0.581. The molecule has 0 aromatic carbocycles. The summed E-state index contributed by atoms with van der Waals surface area (Å²) in [6.07, 6.45) is 1.98. The highest BCUT2D eigenvalue weighted by atomic mass is 19.3. The lowest BCUT2D eigenvalue weighted by Crippen LogP contribution is -2.50. The Bertz CT molecular complexity index is 263. The van der Waals surface area contributed by atoms with Crippen molar-refractivity contribution in [2.45, 2.75) is 57.4 Å². The number of halogens is 4. The zero-order chi connectivity index (χ0) is 12.9. The molecule has 0 saturated heterocycles. The van der Waals surface area contributed by atoms with E-state index in [-0.39, 0.29) is 6.54 Å². The second kappa shape index (κ2) is 6.38. The first-order valence-corrected chi connectivity index (χ1v) is 6.08. The molecule has 1 aliphatic rings. The van der Waals surface area contributed by atoms with Gasteiger partial charge in [-0.2, -0.15) is 8.78 Å². The van der Waals surface area contributed by atoms with Crippen LogP contribution in [0.3, 0.4) is 0 Å². The summed E-state index contributed by atoms with van der Waals surface area (Å²) < 4.78 is 51.8. The Kier molecular flexibility index (Phi) is 5.43. The molecule has 0 spiro atoms. The van der Waals surface area contributed by atoms with Crippen LogP contribution in [0.2, 0.25) is 0 Å². The van der Waals surface area contributed by atoms with Gasteiger partial charge in [0, 0.05) is 0 Å². The third-order valence-corrected chi connectivity index (χ3v) is 3.03. The maximum atomic E-state index is 13.5. The van der Waals surface area contributed by atoms with Gasteiger partial charge in [0.15, 0.2) is 0 Å². The van der Waals surface area contributed by atoms with E-state index in [2.05, 4.69) is 5.32 Å². The first-order chi connectivity index (χ1) is 8.00. The van der Waals surface area contributed by atoms with Crippen LogP contribution in [-0.2, 0) is 0 Å². The minimum atomic E-state index is -3.99. The highest BCUT2D eigenvalue weighted by Crippen LogP contribution is 2.33. The van der Waals surface area contributed by atoms with Gasteiger partial charge in [-0.05, 0) is 32.2 Å². The maximum Gasteiger partial charge on any atom is 0.326 e. The lowest BCUT2D eigenvalue weighted by atomic mass is 9.96. The molecule has 0 heterocycles. The molecule has 100 valence electrons. The summed E-state index contributed by atoms with van der Waals surface area (Å²) in [6, 6.07) is -1.52. The highest BCUT2D eigenvalue weighted by molar-refractivity contribution is 5.17. The summed E-state index contributed by atoms with van der Waals surface area (Å²) >= 11 is 0. The molecule has 0 aromatic heterocycles. The van der Waals surface area contributed by atoms with E-state index >= 15 is 0 Å². The first kappa shape index (κ1) is 14.5. The molecule has 1 N–H and O–H groups in total. The molecule has 1 aliphatic carbocycles. The molecule has 1 atom stereocenters. The molecular formula is C12H19F4N. The zero-order valence-electron chi connectivity index (χ0n) is 9.99. The number of rotatable bonds is 5. The fraction of sp³-hybridized carbons (Fsp3) is 0.833. The molecule has 0 fully saturated rings. The van der Waals surface area contributed by atoms with Crippen LogP contribution in [0.25, 0.3) is 0 Å². The zero-order valence-corrected chi connectivity index (χ0v) is 9.99. The van der Waals surface area contributed by atoms with Crippen LogP contribution in [-0.4, -0.2) is 24.9 Å². The van der Waals surface area contributed by atoms with Crippen molar-refractivity contribution in [2.24, 2.45) is 0 Å². The summed E-state index contributed by atoms with van der Waals surface area (Å²) in [4.78, 5) is 0. The summed E-state index contributed by atoms with van der Waals surface area (Å²) in [5.74, 6) is -3.99. The van der Waals surface area contributed by atoms with Crippen LogP contribution < -0.4 is 5.32 Å². The van der Waals surface area contributed by atoms with Gasteiger partial charge in [0.2, 0.25) is 0 Å². The Morgan fingerprint density at radius 2 is 2.00 bits per heavy atom. The molecule has 0 aromatic rings. The maximum absolute atomic E-state index is 13.5. The van der Waals surface area contributed by atoms with E-state index in [1.807, 2.05) is 0 Å². The predicted octanol–water partition coefficient (Wildman–Crippen LogP) is 3.76. The Balaban J connectivity index is 2.87. The molecule has 0 bridgehead atoms.